The van der Waals surface area contributed by atoms with Crippen molar-refractivity contribution in [3.05, 3.63) is 22.7 Å². The summed E-state index contributed by atoms with van der Waals surface area (Å²) in [6.07, 6.45) is 0.671. The van der Waals surface area contributed by atoms with E-state index in [0.29, 0.717) is 23.3 Å². The topological polar surface area (TPSA) is 35.5 Å². The molecule has 0 aliphatic carbocycles. The molecule has 0 aliphatic rings. The van der Waals surface area contributed by atoms with E-state index in [4.69, 9.17) is 21.1 Å². The van der Waals surface area contributed by atoms with Crippen LogP contribution in [0.2, 0.25) is 5.02 Å². The molecule has 0 N–H and O–H groups in total. The van der Waals surface area contributed by atoms with Gasteiger partial charge in [-0.05, 0) is 12.1 Å². The van der Waals surface area contributed by atoms with Crippen LogP contribution in [0.3, 0.4) is 0 Å². The highest BCUT2D eigenvalue weighted by molar-refractivity contribution is 6.34. The lowest BCUT2D eigenvalue weighted by molar-refractivity contribution is 0.112. The lowest BCUT2D eigenvalue weighted by Gasteiger charge is -2.09. The summed E-state index contributed by atoms with van der Waals surface area (Å²) in [5.74, 6) is 0.895. The zero-order valence-corrected chi connectivity index (χ0v) is 10.1. The van der Waals surface area contributed by atoms with Crippen LogP contribution in [-0.2, 0) is 0 Å². The Hall–Kier alpha value is -1.22. The number of benzene rings is 1. The van der Waals surface area contributed by atoms with Crippen LogP contribution in [-0.4, -0.2) is 20.5 Å². The Kier molecular flexibility index (Phi) is 6.54. The van der Waals surface area contributed by atoms with Gasteiger partial charge in [0.05, 0.1) is 19.2 Å². The van der Waals surface area contributed by atoms with Gasteiger partial charge in [-0.3, -0.25) is 4.79 Å². The van der Waals surface area contributed by atoms with E-state index in [1.165, 1.54) is 14.2 Å². The Morgan fingerprint density at radius 1 is 1.20 bits per heavy atom. The monoisotopic (exact) mass is 230 g/mol. The van der Waals surface area contributed by atoms with Gasteiger partial charge in [0.2, 0.25) is 0 Å². The number of halogens is 1. The number of ether oxygens (including phenoxy) is 2. The van der Waals surface area contributed by atoms with Gasteiger partial charge in [-0.25, -0.2) is 0 Å². The quantitative estimate of drug-likeness (QED) is 0.748. The molecule has 0 radical (unpaired) electrons. The van der Waals surface area contributed by atoms with Gasteiger partial charge >= 0.3 is 0 Å². The zero-order chi connectivity index (χ0) is 11.8. The Balaban J connectivity index is 0.000000921. The van der Waals surface area contributed by atoms with Gasteiger partial charge in [0.25, 0.3) is 0 Å². The van der Waals surface area contributed by atoms with E-state index >= 15 is 0 Å². The maximum atomic E-state index is 10.5. The van der Waals surface area contributed by atoms with E-state index in [1.807, 2.05) is 13.8 Å². The van der Waals surface area contributed by atoms with Crippen LogP contribution >= 0.6 is 11.6 Å². The molecule has 0 saturated carbocycles. The van der Waals surface area contributed by atoms with Gasteiger partial charge in [-0.2, -0.15) is 0 Å². The molecule has 4 heteroatoms. The van der Waals surface area contributed by atoms with E-state index in [0.717, 1.165) is 0 Å². The third kappa shape index (κ3) is 3.13. The molecule has 0 heterocycles. The van der Waals surface area contributed by atoms with Gasteiger partial charge in [0, 0.05) is 5.56 Å². The highest BCUT2D eigenvalue weighted by Gasteiger charge is 2.11. The minimum absolute atomic E-state index is 0.275. The fourth-order valence-corrected chi connectivity index (χ4v) is 1.27. The maximum absolute atomic E-state index is 10.5. The summed E-state index contributed by atoms with van der Waals surface area (Å²) in [5, 5.41) is 0.275. The van der Waals surface area contributed by atoms with Crippen LogP contribution in [0.1, 0.15) is 24.2 Å². The lowest BCUT2D eigenvalue weighted by Crippen LogP contribution is -1.93. The predicted octanol–water partition coefficient (Wildman–Crippen LogP) is 3.20. The van der Waals surface area contributed by atoms with Crippen molar-refractivity contribution in [2.75, 3.05) is 14.2 Å². The van der Waals surface area contributed by atoms with Crippen LogP contribution in [0.25, 0.3) is 0 Å². The molecule has 1 aromatic carbocycles. The lowest BCUT2D eigenvalue weighted by atomic mass is 10.2. The first-order chi connectivity index (χ1) is 7.24. The molecular weight excluding hydrogens is 216 g/mol. The van der Waals surface area contributed by atoms with Crippen LogP contribution in [0.5, 0.6) is 11.5 Å². The molecule has 0 spiro atoms. The minimum atomic E-state index is 0.275. The number of carbonyl (C=O) groups excluding carboxylic acids is 1. The number of methoxy groups -OCH3 is 2. The third-order valence-corrected chi connectivity index (χ3v) is 2.03. The van der Waals surface area contributed by atoms with Gasteiger partial charge in [0.15, 0.2) is 17.8 Å². The van der Waals surface area contributed by atoms with Crippen molar-refractivity contribution in [1.82, 2.24) is 0 Å². The predicted molar refractivity (Wildman–Crippen MR) is 61.3 cm³/mol. The summed E-state index contributed by atoms with van der Waals surface area (Å²) in [4.78, 5) is 10.5. The average Bonchev–Trinajstić information content (AvgIpc) is 2.31. The number of aldehydes is 1. The number of rotatable bonds is 3. The first-order valence-corrected chi connectivity index (χ1v) is 4.98. The molecule has 1 aromatic rings. The fourth-order valence-electron chi connectivity index (χ4n) is 0.996. The highest BCUT2D eigenvalue weighted by atomic mass is 35.5. The smallest absolute Gasteiger partial charge is 0.180 e. The number of hydrogen-bond donors (Lipinski definition) is 0. The molecular formula is C11H15ClO3. The Bertz CT molecular complexity index is 324. The summed E-state index contributed by atoms with van der Waals surface area (Å²) in [6, 6.07) is 3.21. The molecule has 0 atom stereocenters. The summed E-state index contributed by atoms with van der Waals surface area (Å²) in [6.45, 7) is 4.00. The fraction of sp³-hybridized carbons (Fsp3) is 0.364. The Morgan fingerprint density at radius 3 is 2.20 bits per heavy atom. The molecule has 0 bridgehead atoms. The van der Waals surface area contributed by atoms with Crippen molar-refractivity contribution >= 4 is 17.9 Å². The van der Waals surface area contributed by atoms with Crippen LogP contribution in [0.15, 0.2) is 12.1 Å². The zero-order valence-electron chi connectivity index (χ0n) is 9.33. The molecule has 0 unspecified atom stereocenters. The summed E-state index contributed by atoms with van der Waals surface area (Å²) in [7, 11) is 2.98. The molecule has 3 nitrogen and oxygen atoms in total. The minimum Gasteiger partial charge on any atom is -0.493 e. The van der Waals surface area contributed by atoms with Crippen molar-refractivity contribution in [2.45, 2.75) is 13.8 Å². The maximum Gasteiger partial charge on any atom is 0.180 e. The van der Waals surface area contributed by atoms with Gasteiger partial charge in [0.1, 0.15) is 0 Å². The molecule has 0 saturated heterocycles. The molecule has 0 aliphatic heterocycles. The molecule has 0 amide bonds. The second kappa shape index (κ2) is 7.12. The van der Waals surface area contributed by atoms with Gasteiger partial charge in [-0.15, -0.1) is 0 Å². The second-order valence-corrected chi connectivity index (χ2v) is 2.70. The van der Waals surface area contributed by atoms with E-state index in [1.54, 1.807) is 12.1 Å². The van der Waals surface area contributed by atoms with E-state index < -0.39 is 0 Å². The molecule has 1 rings (SSSR count). The van der Waals surface area contributed by atoms with Crippen molar-refractivity contribution in [3.8, 4) is 11.5 Å². The van der Waals surface area contributed by atoms with Crippen LogP contribution in [0, 0.1) is 0 Å². The number of hydrogen-bond acceptors (Lipinski definition) is 3. The second-order valence-electron chi connectivity index (χ2n) is 2.32. The van der Waals surface area contributed by atoms with Crippen LogP contribution < -0.4 is 9.47 Å². The van der Waals surface area contributed by atoms with Gasteiger partial charge in [-0.1, -0.05) is 25.4 Å². The molecule has 0 fully saturated rings. The van der Waals surface area contributed by atoms with Crippen molar-refractivity contribution < 1.29 is 14.3 Å². The number of carbonyl (C=O) groups is 1. The van der Waals surface area contributed by atoms with E-state index in [9.17, 15) is 4.79 Å². The molecule has 0 aromatic heterocycles. The normalized spacial score (nSPS) is 8.60. The SMILES string of the molecule is CC.COc1ccc(C=O)c(Cl)c1OC. The molecule has 84 valence electrons. The summed E-state index contributed by atoms with van der Waals surface area (Å²) >= 11 is 5.86. The summed E-state index contributed by atoms with van der Waals surface area (Å²) in [5.41, 5.74) is 0.388. The first-order valence-electron chi connectivity index (χ1n) is 4.60. The first kappa shape index (κ1) is 13.8. The Morgan fingerprint density at radius 2 is 1.80 bits per heavy atom. The summed E-state index contributed by atoms with van der Waals surface area (Å²) < 4.78 is 9.98. The van der Waals surface area contributed by atoms with E-state index in [-0.39, 0.29) is 5.02 Å². The Labute approximate surface area is 95.0 Å². The standard InChI is InChI=1S/C9H9ClO3.C2H6/c1-12-7-4-3-6(5-11)8(10)9(7)13-2;1-2/h3-5H,1-2H3;1-2H3. The van der Waals surface area contributed by atoms with Gasteiger partial charge < -0.3 is 9.47 Å². The third-order valence-electron chi connectivity index (χ3n) is 1.64. The van der Waals surface area contributed by atoms with Crippen molar-refractivity contribution in [3.63, 3.8) is 0 Å². The largest absolute Gasteiger partial charge is 0.493 e. The molecule has 15 heavy (non-hydrogen) atoms. The van der Waals surface area contributed by atoms with Crippen molar-refractivity contribution in [1.29, 1.82) is 0 Å². The average molecular weight is 231 g/mol. The van der Waals surface area contributed by atoms with Crippen molar-refractivity contribution in [2.24, 2.45) is 0 Å². The highest BCUT2D eigenvalue weighted by Crippen LogP contribution is 2.36. The van der Waals surface area contributed by atoms with Crippen LogP contribution in [0.4, 0.5) is 0 Å². The van der Waals surface area contributed by atoms with E-state index in [2.05, 4.69) is 0 Å².